The van der Waals surface area contributed by atoms with Crippen LogP contribution in [0.1, 0.15) is 71.2 Å². The molecular formula is C29H28ClF5N6O2. The Kier molecular flexibility index (Phi) is 6.43. The van der Waals surface area contributed by atoms with Gasteiger partial charge in [-0.15, -0.1) is 0 Å². The van der Waals surface area contributed by atoms with Gasteiger partial charge >= 0.3 is 6.18 Å². The maximum absolute atomic E-state index is 13.7. The predicted molar refractivity (Wildman–Crippen MR) is 146 cm³/mol. The summed E-state index contributed by atoms with van der Waals surface area (Å²) in [4.78, 5) is 30.1. The molecule has 1 aromatic carbocycles. The van der Waals surface area contributed by atoms with Crippen molar-refractivity contribution in [2.45, 2.75) is 62.7 Å². The first kappa shape index (κ1) is 28.3. The predicted octanol–water partition coefficient (Wildman–Crippen LogP) is 6.34. The van der Waals surface area contributed by atoms with Gasteiger partial charge in [-0.3, -0.25) is 14.3 Å². The molecule has 4 aliphatic rings. The molecule has 4 fully saturated rings. The number of hydrogen-bond acceptors (Lipinski definition) is 4. The molecule has 4 saturated carbocycles. The van der Waals surface area contributed by atoms with Gasteiger partial charge in [0.05, 0.1) is 28.0 Å². The summed E-state index contributed by atoms with van der Waals surface area (Å²) in [5.41, 5.74) is -1.41. The summed E-state index contributed by atoms with van der Waals surface area (Å²) in [7, 11) is 1.34. The molecule has 2 bridgehead atoms. The molecule has 2 heterocycles. The van der Waals surface area contributed by atoms with Crippen LogP contribution in [0.15, 0.2) is 30.6 Å². The van der Waals surface area contributed by atoms with E-state index in [0.717, 1.165) is 41.6 Å². The van der Waals surface area contributed by atoms with Crippen LogP contribution in [0.4, 0.5) is 27.6 Å². The van der Waals surface area contributed by atoms with E-state index in [-0.39, 0.29) is 39.7 Å². The number of hydrogen-bond donors (Lipinski definition) is 2. The standard InChI is InChI=1S/C29H28ClF5N6O2/c1-40-22(20-12-41(23-10-28(23,31)32)39-24(20)29(33,34)35)11-36-25(40)27(43)37-16-2-3-18(21(30)9-16)26(42)38-17-5-13-4-14-7-15(8-17)19(14)6-13/h2-3,9,11-15,17,19,23H,4-8,10H2,1H3,(H,37,43)(H,38,42)/t13-,14?,15+,17-,19?,23?/m1/s1. The van der Waals surface area contributed by atoms with Crippen LogP contribution in [0, 0.1) is 23.7 Å². The molecule has 3 aromatic rings. The first-order valence-corrected chi connectivity index (χ1v) is 14.6. The highest BCUT2D eigenvalue weighted by Crippen LogP contribution is 2.58. The maximum atomic E-state index is 13.7. The summed E-state index contributed by atoms with van der Waals surface area (Å²) >= 11 is 6.43. The molecule has 6 atom stereocenters. The molecule has 2 N–H and O–H groups in total. The SMILES string of the molecule is Cn1c(-c2cn(C3CC3(F)F)nc2C(F)(F)F)cnc1C(=O)Nc1ccc(C(=O)N[C@@H]2C[C@H]3CC4C[C@@H](C2)C4C3)c(Cl)c1. The first-order valence-electron chi connectivity index (χ1n) is 14.3. The minimum absolute atomic E-state index is 0.104. The second-order valence-electron chi connectivity index (χ2n) is 12.4. The molecule has 2 amide bonds. The van der Waals surface area contributed by atoms with Crippen molar-refractivity contribution in [2.24, 2.45) is 30.7 Å². The highest BCUT2D eigenvalue weighted by molar-refractivity contribution is 6.34. The normalized spacial score (nSPS) is 28.6. The number of aromatic nitrogens is 4. The molecular weight excluding hydrogens is 595 g/mol. The number of rotatable bonds is 6. The van der Waals surface area contributed by atoms with Crippen molar-refractivity contribution in [1.29, 1.82) is 0 Å². The number of carbonyl (C=O) groups is 2. The molecule has 3 unspecified atom stereocenters. The highest BCUT2D eigenvalue weighted by atomic mass is 35.5. The summed E-state index contributed by atoms with van der Waals surface area (Å²) in [5, 5.41) is 9.27. The quantitative estimate of drug-likeness (QED) is 0.314. The van der Waals surface area contributed by atoms with Gasteiger partial charge in [-0.25, -0.2) is 13.8 Å². The van der Waals surface area contributed by atoms with Gasteiger partial charge < -0.3 is 15.2 Å². The van der Waals surface area contributed by atoms with Gasteiger partial charge in [-0.2, -0.15) is 18.3 Å². The number of nitrogens with zero attached hydrogens (tertiary/aromatic N) is 4. The van der Waals surface area contributed by atoms with E-state index in [1.165, 1.54) is 44.5 Å². The average Bonchev–Trinajstić information content (AvgIpc) is 3.22. The Morgan fingerprint density at radius 1 is 1.07 bits per heavy atom. The fraction of sp³-hybridized carbons (Fsp3) is 0.517. The zero-order valence-corrected chi connectivity index (χ0v) is 23.7. The lowest BCUT2D eigenvalue weighted by molar-refractivity contribution is -0.141. The monoisotopic (exact) mass is 622 g/mol. The fourth-order valence-electron chi connectivity index (χ4n) is 7.47. The molecule has 2 aromatic heterocycles. The van der Waals surface area contributed by atoms with Gasteiger partial charge in [0.15, 0.2) is 11.5 Å². The topological polar surface area (TPSA) is 93.8 Å². The summed E-state index contributed by atoms with van der Waals surface area (Å²) < 4.78 is 70.0. The Labute approximate surface area is 248 Å². The van der Waals surface area contributed by atoms with Gasteiger partial charge in [0, 0.05) is 31.4 Å². The minimum Gasteiger partial charge on any atom is -0.349 e. The average molecular weight is 623 g/mol. The number of amides is 2. The lowest BCUT2D eigenvalue weighted by atomic mass is 9.64. The molecule has 7 rings (SSSR count). The van der Waals surface area contributed by atoms with Crippen molar-refractivity contribution in [3.05, 3.63) is 52.7 Å². The number of imidazole rings is 1. The Morgan fingerprint density at radius 3 is 2.51 bits per heavy atom. The van der Waals surface area contributed by atoms with Crippen molar-refractivity contribution in [2.75, 3.05) is 5.32 Å². The number of fused-ring (bicyclic) bond motifs is 1. The molecule has 0 saturated heterocycles. The lowest BCUT2D eigenvalue weighted by Crippen LogP contribution is -2.42. The van der Waals surface area contributed by atoms with Gasteiger partial charge in [0.2, 0.25) is 0 Å². The van der Waals surface area contributed by atoms with Crippen LogP contribution in [0.5, 0.6) is 0 Å². The summed E-state index contributed by atoms with van der Waals surface area (Å²) in [6.45, 7) is 0. The third kappa shape index (κ3) is 4.98. The number of alkyl halides is 5. The van der Waals surface area contributed by atoms with E-state index in [1.54, 1.807) is 0 Å². The van der Waals surface area contributed by atoms with Crippen LogP contribution >= 0.6 is 11.6 Å². The zero-order chi connectivity index (χ0) is 30.4. The minimum atomic E-state index is -4.92. The second-order valence-corrected chi connectivity index (χ2v) is 12.8. The molecule has 228 valence electrons. The summed E-state index contributed by atoms with van der Waals surface area (Å²) in [6, 6.07) is 3.09. The Balaban J connectivity index is 1.05. The molecule has 4 aliphatic carbocycles. The van der Waals surface area contributed by atoms with E-state index >= 15 is 0 Å². The van der Waals surface area contributed by atoms with Crippen molar-refractivity contribution in [3.8, 4) is 11.3 Å². The second kappa shape index (κ2) is 9.76. The van der Waals surface area contributed by atoms with Crippen molar-refractivity contribution < 1.29 is 31.5 Å². The van der Waals surface area contributed by atoms with E-state index in [4.69, 9.17) is 11.6 Å². The van der Waals surface area contributed by atoms with Gasteiger partial charge in [-0.1, -0.05) is 11.6 Å². The highest BCUT2D eigenvalue weighted by Gasteiger charge is 2.59. The third-order valence-corrected chi connectivity index (χ3v) is 9.96. The lowest BCUT2D eigenvalue weighted by Gasteiger charge is -2.42. The molecule has 0 aliphatic heterocycles. The Morgan fingerprint density at radius 2 is 1.81 bits per heavy atom. The van der Waals surface area contributed by atoms with Crippen LogP contribution in [0.2, 0.25) is 5.02 Å². The van der Waals surface area contributed by atoms with Gasteiger partial charge in [0.1, 0.15) is 6.04 Å². The smallest absolute Gasteiger partial charge is 0.349 e. The molecule has 43 heavy (non-hydrogen) atoms. The number of nitrogens with one attached hydrogen (secondary N) is 2. The molecule has 14 heteroatoms. The first-order chi connectivity index (χ1) is 20.3. The van der Waals surface area contributed by atoms with Gasteiger partial charge in [0.25, 0.3) is 17.7 Å². The molecule has 0 radical (unpaired) electrons. The van der Waals surface area contributed by atoms with Crippen LogP contribution in [0.25, 0.3) is 11.3 Å². The summed E-state index contributed by atoms with van der Waals surface area (Å²) in [5.74, 6) is -1.35. The number of anilines is 1. The zero-order valence-electron chi connectivity index (χ0n) is 23.0. The van der Waals surface area contributed by atoms with Crippen LogP contribution in [0.3, 0.4) is 0 Å². The van der Waals surface area contributed by atoms with Crippen molar-refractivity contribution >= 4 is 29.1 Å². The Hall–Kier alpha value is -3.48. The van der Waals surface area contributed by atoms with E-state index in [0.29, 0.717) is 16.5 Å². The van der Waals surface area contributed by atoms with Crippen LogP contribution in [-0.2, 0) is 13.2 Å². The van der Waals surface area contributed by atoms with E-state index in [9.17, 15) is 31.5 Å². The van der Waals surface area contributed by atoms with Gasteiger partial charge in [-0.05, 0) is 74.0 Å². The third-order valence-electron chi connectivity index (χ3n) is 9.65. The fourth-order valence-corrected chi connectivity index (χ4v) is 7.74. The van der Waals surface area contributed by atoms with Crippen LogP contribution < -0.4 is 10.6 Å². The van der Waals surface area contributed by atoms with Crippen LogP contribution in [-0.4, -0.2) is 43.1 Å². The maximum Gasteiger partial charge on any atom is 0.435 e. The van der Waals surface area contributed by atoms with Crippen molar-refractivity contribution in [1.82, 2.24) is 24.6 Å². The number of benzene rings is 1. The number of halogens is 6. The number of carbonyl (C=O) groups excluding carboxylic acids is 2. The van der Waals surface area contributed by atoms with E-state index in [1.807, 2.05) is 0 Å². The Bertz CT molecular complexity index is 1630. The molecule has 0 spiro atoms. The van der Waals surface area contributed by atoms with E-state index in [2.05, 4.69) is 20.7 Å². The largest absolute Gasteiger partial charge is 0.435 e. The summed E-state index contributed by atoms with van der Waals surface area (Å²) in [6.07, 6.45) is 2.18. The van der Waals surface area contributed by atoms with E-state index < -0.39 is 41.7 Å². The van der Waals surface area contributed by atoms with Crippen molar-refractivity contribution in [3.63, 3.8) is 0 Å². The molecule has 8 nitrogen and oxygen atoms in total.